The van der Waals surface area contributed by atoms with Gasteiger partial charge in [-0.3, -0.25) is 0 Å². The molecule has 0 aliphatic carbocycles. The maximum absolute atomic E-state index is 13.1. The van der Waals surface area contributed by atoms with Crippen LogP contribution in [0.2, 0.25) is 0 Å². The van der Waals surface area contributed by atoms with E-state index in [0.717, 1.165) is 0 Å². The Morgan fingerprint density at radius 2 is 2.08 bits per heavy atom. The maximum atomic E-state index is 13.1. The van der Waals surface area contributed by atoms with E-state index in [0.29, 0.717) is 11.3 Å². The zero-order chi connectivity index (χ0) is 9.14. The predicted molar refractivity (Wildman–Crippen MR) is 46.6 cm³/mol. The quantitative estimate of drug-likeness (QED) is 0.723. The van der Waals surface area contributed by atoms with Crippen molar-refractivity contribution in [3.63, 3.8) is 0 Å². The molecule has 0 saturated heterocycles. The Kier molecular flexibility index (Phi) is 2.65. The van der Waals surface area contributed by atoms with Gasteiger partial charge in [-0.05, 0) is 17.7 Å². The zero-order valence-corrected chi connectivity index (χ0v) is 7.21. The number of hydrogen-bond acceptors (Lipinski definition) is 2. The molecule has 0 aliphatic rings. The summed E-state index contributed by atoms with van der Waals surface area (Å²) in [5.41, 5.74) is 1.13. The summed E-state index contributed by atoms with van der Waals surface area (Å²) in [4.78, 5) is 1.69. The molecule has 2 nitrogen and oxygen atoms in total. The summed E-state index contributed by atoms with van der Waals surface area (Å²) < 4.78 is 13.1. The van der Waals surface area contributed by atoms with Gasteiger partial charge in [0.15, 0.2) is 0 Å². The monoisotopic (exact) mass is 169 g/mol. The van der Waals surface area contributed by atoms with Gasteiger partial charge in [0, 0.05) is 14.1 Å². The first-order valence-corrected chi connectivity index (χ1v) is 3.71. The van der Waals surface area contributed by atoms with Crippen LogP contribution in [-0.2, 0) is 6.61 Å². The fourth-order valence-corrected chi connectivity index (χ4v) is 1.01. The van der Waals surface area contributed by atoms with Gasteiger partial charge in [0.1, 0.15) is 5.82 Å². The van der Waals surface area contributed by atoms with Gasteiger partial charge in [0.25, 0.3) is 0 Å². The summed E-state index contributed by atoms with van der Waals surface area (Å²) in [5, 5.41) is 8.71. The first-order chi connectivity index (χ1) is 5.65. The molecule has 66 valence electrons. The minimum atomic E-state index is -0.299. The van der Waals surface area contributed by atoms with Crippen LogP contribution in [0, 0.1) is 5.82 Å². The van der Waals surface area contributed by atoms with Crippen molar-refractivity contribution < 1.29 is 9.50 Å². The Morgan fingerprint density at radius 1 is 1.42 bits per heavy atom. The van der Waals surface area contributed by atoms with Gasteiger partial charge >= 0.3 is 0 Å². The average molecular weight is 169 g/mol. The first-order valence-electron chi connectivity index (χ1n) is 3.71. The molecule has 0 radical (unpaired) electrons. The molecule has 0 saturated carbocycles. The lowest BCUT2D eigenvalue weighted by molar-refractivity contribution is 0.281. The van der Waals surface area contributed by atoms with E-state index < -0.39 is 0 Å². The van der Waals surface area contributed by atoms with E-state index in [1.807, 2.05) is 0 Å². The fraction of sp³-hybridized carbons (Fsp3) is 0.333. The molecule has 0 heterocycles. The number of aliphatic hydroxyl groups is 1. The Balaban J connectivity index is 3.03. The smallest absolute Gasteiger partial charge is 0.146 e. The molecule has 12 heavy (non-hydrogen) atoms. The molecule has 3 heteroatoms. The Labute approximate surface area is 71.2 Å². The van der Waals surface area contributed by atoms with Gasteiger partial charge in [0.05, 0.1) is 12.3 Å². The van der Waals surface area contributed by atoms with E-state index in [1.165, 1.54) is 6.07 Å². The first kappa shape index (κ1) is 9.00. The molecule has 1 aromatic carbocycles. The van der Waals surface area contributed by atoms with Gasteiger partial charge in [-0.2, -0.15) is 0 Å². The average Bonchev–Trinajstić information content (AvgIpc) is 2.03. The van der Waals surface area contributed by atoms with Crippen molar-refractivity contribution in [3.05, 3.63) is 29.6 Å². The van der Waals surface area contributed by atoms with Crippen LogP contribution >= 0.6 is 0 Å². The highest BCUT2D eigenvalue weighted by molar-refractivity contribution is 5.47. The number of anilines is 1. The van der Waals surface area contributed by atoms with Crippen LogP contribution in [0.25, 0.3) is 0 Å². The second-order valence-corrected chi connectivity index (χ2v) is 2.84. The predicted octanol–water partition coefficient (Wildman–Crippen LogP) is 1.38. The summed E-state index contributed by atoms with van der Waals surface area (Å²) in [6.45, 7) is -0.120. The van der Waals surface area contributed by atoms with E-state index >= 15 is 0 Å². The molecule has 0 bridgehead atoms. The number of nitrogens with zero attached hydrogens (tertiary/aromatic N) is 1. The van der Waals surface area contributed by atoms with Crippen LogP contribution in [0.3, 0.4) is 0 Å². The number of aliphatic hydroxyl groups excluding tert-OH is 1. The van der Waals surface area contributed by atoms with Gasteiger partial charge in [-0.25, -0.2) is 4.39 Å². The van der Waals surface area contributed by atoms with Crippen LogP contribution in [-0.4, -0.2) is 19.2 Å². The lowest BCUT2D eigenvalue weighted by Crippen LogP contribution is -2.10. The third-order valence-corrected chi connectivity index (χ3v) is 1.68. The highest BCUT2D eigenvalue weighted by Gasteiger charge is 2.03. The van der Waals surface area contributed by atoms with Gasteiger partial charge in [0.2, 0.25) is 0 Å². The summed E-state index contributed by atoms with van der Waals surface area (Å²) in [6, 6.07) is 4.70. The van der Waals surface area contributed by atoms with E-state index in [-0.39, 0.29) is 12.4 Å². The largest absolute Gasteiger partial charge is 0.392 e. The van der Waals surface area contributed by atoms with Crippen LogP contribution in [0.5, 0.6) is 0 Å². The molecule has 0 unspecified atom stereocenters. The molecule has 1 rings (SSSR count). The van der Waals surface area contributed by atoms with Gasteiger partial charge in [-0.15, -0.1) is 0 Å². The van der Waals surface area contributed by atoms with Crippen molar-refractivity contribution in [2.75, 3.05) is 19.0 Å². The van der Waals surface area contributed by atoms with Crippen molar-refractivity contribution >= 4 is 5.69 Å². The summed E-state index contributed by atoms with van der Waals surface area (Å²) in [6.07, 6.45) is 0. The highest BCUT2D eigenvalue weighted by atomic mass is 19.1. The lowest BCUT2D eigenvalue weighted by Gasteiger charge is -2.13. The molecular formula is C9H12FNO. The molecule has 0 spiro atoms. The molecule has 1 aromatic rings. The standard InChI is InChI=1S/C9H12FNO/c1-11(2)9-4-3-7(6-12)5-8(9)10/h3-5,12H,6H2,1-2H3. The second-order valence-electron chi connectivity index (χ2n) is 2.84. The number of rotatable bonds is 2. The van der Waals surface area contributed by atoms with Crippen LogP contribution in [0.4, 0.5) is 10.1 Å². The normalized spacial score (nSPS) is 10.0. The number of hydrogen-bond donors (Lipinski definition) is 1. The molecule has 0 atom stereocenters. The molecular weight excluding hydrogens is 157 g/mol. The van der Waals surface area contributed by atoms with Gasteiger partial charge in [-0.1, -0.05) is 6.07 Å². The number of benzene rings is 1. The zero-order valence-electron chi connectivity index (χ0n) is 7.21. The van der Waals surface area contributed by atoms with E-state index in [2.05, 4.69) is 0 Å². The summed E-state index contributed by atoms with van der Waals surface area (Å²) in [5.74, 6) is -0.299. The SMILES string of the molecule is CN(C)c1ccc(CO)cc1F. The van der Waals surface area contributed by atoms with Crippen molar-refractivity contribution in [1.29, 1.82) is 0 Å². The minimum Gasteiger partial charge on any atom is -0.392 e. The summed E-state index contributed by atoms with van der Waals surface area (Å²) in [7, 11) is 3.55. The third kappa shape index (κ3) is 1.74. The molecule has 0 amide bonds. The van der Waals surface area contributed by atoms with E-state index in [4.69, 9.17) is 5.11 Å². The van der Waals surface area contributed by atoms with Crippen molar-refractivity contribution in [2.24, 2.45) is 0 Å². The minimum absolute atomic E-state index is 0.120. The van der Waals surface area contributed by atoms with Crippen LogP contribution < -0.4 is 4.90 Å². The molecule has 0 fully saturated rings. The molecule has 1 N–H and O–H groups in total. The molecule has 0 aromatic heterocycles. The van der Waals surface area contributed by atoms with E-state index in [9.17, 15) is 4.39 Å². The summed E-state index contributed by atoms with van der Waals surface area (Å²) >= 11 is 0. The Hall–Kier alpha value is -1.09. The fourth-order valence-electron chi connectivity index (χ4n) is 1.01. The Bertz CT molecular complexity index is 273. The topological polar surface area (TPSA) is 23.5 Å². The number of halogens is 1. The van der Waals surface area contributed by atoms with Crippen molar-refractivity contribution in [3.8, 4) is 0 Å². The lowest BCUT2D eigenvalue weighted by atomic mass is 10.2. The second kappa shape index (κ2) is 3.54. The highest BCUT2D eigenvalue weighted by Crippen LogP contribution is 2.17. The van der Waals surface area contributed by atoms with Crippen molar-refractivity contribution in [2.45, 2.75) is 6.61 Å². The van der Waals surface area contributed by atoms with Crippen LogP contribution in [0.15, 0.2) is 18.2 Å². The third-order valence-electron chi connectivity index (χ3n) is 1.68. The van der Waals surface area contributed by atoms with E-state index in [1.54, 1.807) is 31.1 Å². The van der Waals surface area contributed by atoms with Crippen LogP contribution in [0.1, 0.15) is 5.56 Å². The maximum Gasteiger partial charge on any atom is 0.146 e. The Morgan fingerprint density at radius 3 is 2.50 bits per heavy atom. The van der Waals surface area contributed by atoms with Crippen molar-refractivity contribution in [1.82, 2.24) is 0 Å². The molecule has 0 aliphatic heterocycles. The van der Waals surface area contributed by atoms with Gasteiger partial charge < -0.3 is 10.0 Å².